The molecule has 0 amide bonds. The van der Waals surface area contributed by atoms with Crippen molar-refractivity contribution in [1.29, 1.82) is 0 Å². The van der Waals surface area contributed by atoms with Gasteiger partial charge in [-0.2, -0.15) is 10.2 Å². The molecule has 5 heteroatoms. The zero-order chi connectivity index (χ0) is 18.4. The second-order valence-corrected chi connectivity index (χ2v) is 6.91. The molecule has 0 saturated heterocycles. The highest BCUT2D eigenvalue weighted by Crippen LogP contribution is 2.32. The molecule has 5 rings (SSSR count). The Balaban J connectivity index is 1.80. The van der Waals surface area contributed by atoms with Crippen LogP contribution >= 0.6 is 11.6 Å². The predicted molar refractivity (Wildman–Crippen MR) is 109 cm³/mol. The third-order valence-corrected chi connectivity index (χ3v) is 4.96. The van der Waals surface area contributed by atoms with E-state index in [2.05, 4.69) is 34.5 Å². The van der Waals surface area contributed by atoms with Crippen molar-refractivity contribution in [2.75, 3.05) is 0 Å². The Bertz CT molecular complexity index is 1300. The van der Waals surface area contributed by atoms with Crippen LogP contribution in [-0.4, -0.2) is 20.0 Å². The molecule has 3 aromatic carbocycles. The third kappa shape index (κ3) is 2.66. The minimum Gasteiger partial charge on any atom is -0.240 e. The minimum absolute atomic E-state index is 0.675. The van der Waals surface area contributed by atoms with Gasteiger partial charge >= 0.3 is 0 Å². The number of fused-ring (bicyclic) bond motifs is 2. The van der Waals surface area contributed by atoms with E-state index in [0.29, 0.717) is 5.02 Å². The molecule has 0 spiro atoms. The van der Waals surface area contributed by atoms with Crippen molar-refractivity contribution in [2.24, 2.45) is 0 Å². The van der Waals surface area contributed by atoms with Gasteiger partial charge in [-0.1, -0.05) is 60.1 Å². The van der Waals surface area contributed by atoms with Gasteiger partial charge in [-0.15, -0.1) is 5.10 Å². The maximum absolute atomic E-state index is 6.15. The second kappa shape index (κ2) is 6.18. The van der Waals surface area contributed by atoms with Crippen molar-refractivity contribution >= 4 is 33.3 Å². The van der Waals surface area contributed by atoms with Crippen LogP contribution in [0.1, 0.15) is 5.69 Å². The topological polar surface area (TPSA) is 43.6 Å². The normalized spacial score (nSPS) is 11.3. The third-order valence-electron chi connectivity index (χ3n) is 4.73. The van der Waals surface area contributed by atoms with Crippen molar-refractivity contribution < 1.29 is 0 Å². The number of benzene rings is 3. The smallest absolute Gasteiger partial charge is 0.118 e. The molecule has 0 aliphatic rings. The summed E-state index contributed by atoms with van der Waals surface area (Å²) in [5.74, 6) is 0. The molecule has 0 radical (unpaired) electrons. The fourth-order valence-corrected chi connectivity index (χ4v) is 3.61. The summed E-state index contributed by atoms with van der Waals surface area (Å²) in [7, 11) is 0. The van der Waals surface area contributed by atoms with E-state index in [1.165, 1.54) is 5.39 Å². The minimum atomic E-state index is 0.675. The molecule has 0 bridgehead atoms. The first kappa shape index (κ1) is 16.0. The van der Waals surface area contributed by atoms with Crippen molar-refractivity contribution in [3.63, 3.8) is 0 Å². The maximum atomic E-state index is 6.15. The van der Waals surface area contributed by atoms with Crippen LogP contribution in [0.5, 0.6) is 0 Å². The van der Waals surface area contributed by atoms with Crippen LogP contribution < -0.4 is 0 Å². The van der Waals surface area contributed by atoms with Gasteiger partial charge in [0.2, 0.25) is 0 Å². The molecule has 0 N–H and O–H groups in total. The largest absolute Gasteiger partial charge is 0.240 e. The van der Waals surface area contributed by atoms with Crippen LogP contribution in [-0.2, 0) is 0 Å². The van der Waals surface area contributed by atoms with E-state index in [-0.39, 0.29) is 0 Å². The summed E-state index contributed by atoms with van der Waals surface area (Å²) < 4.78 is 1.83. The lowest BCUT2D eigenvalue weighted by molar-refractivity contribution is 0.891. The fraction of sp³-hybridized carbons (Fsp3) is 0.0455. The van der Waals surface area contributed by atoms with Crippen LogP contribution in [0.15, 0.2) is 72.9 Å². The number of rotatable bonds is 2. The Morgan fingerprint density at radius 2 is 1.67 bits per heavy atom. The van der Waals surface area contributed by atoms with Crippen LogP contribution in [0.4, 0.5) is 0 Å². The highest BCUT2D eigenvalue weighted by Gasteiger charge is 2.15. The molecule has 27 heavy (non-hydrogen) atoms. The Kier molecular flexibility index (Phi) is 3.66. The number of nitrogens with zero attached hydrogens (tertiary/aromatic N) is 4. The number of halogens is 1. The van der Waals surface area contributed by atoms with Gasteiger partial charge in [-0.05, 0) is 35.9 Å². The molecule has 5 aromatic rings. The lowest BCUT2D eigenvalue weighted by atomic mass is 10.0. The summed E-state index contributed by atoms with van der Waals surface area (Å²) in [6, 6.07) is 22.2. The van der Waals surface area contributed by atoms with Gasteiger partial charge < -0.3 is 0 Å². The summed E-state index contributed by atoms with van der Waals surface area (Å²) in [6.45, 7) is 1.93. The Morgan fingerprint density at radius 1 is 0.852 bits per heavy atom. The summed E-state index contributed by atoms with van der Waals surface area (Å²) in [5.41, 5.74) is 4.43. The van der Waals surface area contributed by atoms with Crippen molar-refractivity contribution in [2.45, 2.75) is 6.92 Å². The molecule has 0 atom stereocenters. The zero-order valence-corrected chi connectivity index (χ0v) is 15.4. The summed E-state index contributed by atoms with van der Waals surface area (Å²) in [6.07, 6.45) is 2.00. The number of aromatic nitrogens is 4. The van der Waals surface area contributed by atoms with E-state index in [0.717, 1.165) is 38.9 Å². The van der Waals surface area contributed by atoms with Crippen molar-refractivity contribution in [3.8, 4) is 16.9 Å². The van der Waals surface area contributed by atoms with E-state index in [1.54, 1.807) is 0 Å². The van der Waals surface area contributed by atoms with Crippen LogP contribution in [0.2, 0.25) is 5.02 Å². The molecular weight excluding hydrogens is 356 g/mol. The Morgan fingerprint density at radius 3 is 2.56 bits per heavy atom. The molecule has 0 saturated carbocycles. The first-order valence-electron chi connectivity index (χ1n) is 8.67. The molecule has 2 aromatic heterocycles. The van der Waals surface area contributed by atoms with E-state index in [4.69, 9.17) is 16.7 Å². The SMILES string of the molecule is Cc1nnc(-c2cccc3ccccc23)c2cn(-c3cccc(Cl)c3)nc12. The highest BCUT2D eigenvalue weighted by molar-refractivity contribution is 6.30. The van der Waals surface area contributed by atoms with Crippen molar-refractivity contribution in [1.82, 2.24) is 20.0 Å². The average molecular weight is 371 g/mol. The Labute approximate surface area is 161 Å². The first-order chi connectivity index (χ1) is 13.2. The fourth-order valence-electron chi connectivity index (χ4n) is 3.42. The maximum Gasteiger partial charge on any atom is 0.118 e. The first-order valence-corrected chi connectivity index (χ1v) is 9.05. The van der Waals surface area contributed by atoms with E-state index >= 15 is 0 Å². The molecule has 0 aliphatic carbocycles. The molecule has 0 fully saturated rings. The van der Waals surface area contributed by atoms with E-state index in [1.807, 2.05) is 60.3 Å². The Hall–Kier alpha value is -3.24. The van der Waals surface area contributed by atoms with Gasteiger partial charge in [0.15, 0.2) is 0 Å². The second-order valence-electron chi connectivity index (χ2n) is 6.48. The quantitative estimate of drug-likeness (QED) is 0.406. The molecule has 4 nitrogen and oxygen atoms in total. The number of aryl methyl sites for hydroxylation is 1. The standard InChI is InChI=1S/C22H15ClN4/c1-14-21-20(13-27(26-21)17-9-5-8-16(23)12-17)22(25-24-14)19-11-4-7-15-6-2-3-10-18(15)19/h2-13H,1H3. The molecule has 0 unspecified atom stereocenters. The highest BCUT2D eigenvalue weighted by atomic mass is 35.5. The molecule has 2 heterocycles. The van der Waals surface area contributed by atoms with E-state index in [9.17, 15) is 0 Å². The number of hydrogen-bond acceptors (Lipinski definition) is 3. The zero-order valence-electron chi connectivity index (χ0n) is 14.6. The summed E-state index contributed by atoms with van der Waals surface area (Å²) >= 11 is 6.15. The lowest BCUT2D eigenvalue weighted by Gasteiger charge is -2.06. The molecule has 130 valence electrons. The van der Waals surface area contributed by atoms with Gasteiger partial charge in [0.05, 0.1) is 16.8 Å². The van der Waals surface area contributed by atoms with Gasteiger partial charge in [-0.3, -0.25) is 0 Å². The lowest BCUT2D eigenvalue weighted by Crippen LogP contribution is -1.94. The van der Waals surface area contributed by atoms with Crippen LogP contribution in [0.25, 0.3) is 38.6 Å². The number of hydrogen-bond donors (Lipinski definition) is 0. The van der Waals surface area contributed by atoms with Gasteiger partial charge in [0.1, 0.15) is 11.2 Å². The van der Waals surface area contributed by atoms with Crippen LogP contribution in [0, 0.1) is 6.92 Å². The van der Waals surface area contributed by atoms with E-state index < -0.39 is 0 Å². The molecular formula is C22H15ClN4. The predicted octanol–water partition coefficient (Wildman–Crippen LogP) is 5.60. The van der Waals surface area contributed by atoms with Crippen LogP contribution in [0.3, 0.4) is 0 Å². The van der Waals surface area contributed by atoms with Gasteiger partial charge in [0, 0.05) is 16.8 Å². The molecule has 0 aliphatic heterocycles. The summed E-state index contributed by atoms with van der Waals surface area (Å²) in [5, 5.41) is 17.6. The monoisotopic (exact) mass is 370 g/mol. The van der Waals surface area contributed by atoms with Crippen molar-refractivity contribution in [3.05, 3.63) is 83.6 Å². The average Bonchev–Trinajstić information content (AvgIpc) is 3.15. The van der Waals surface area contributed by atoms with Gasteiger partial charge in [-0.25, -0.2) is 4.68 Å². The summed E-state index contributed by atoms with van der Waals surface area (Å²) in [4.78, 5) is 0. The van der Waals surface area contributed by atoms with Gasteiger partial charge in [0.25, 0.3) is 0 Å².